The van der Waals surface area contributed by atoms with Crippen molar-refractivity contribution in [2.75, 3.05) is 5.32 Å². The molecular formula is C15H16ClNO. The average molecular weight is 262 g/mol. The first-order valence-electron chi connectivity index (χ1n) is 5.91. The van der Waals surface area contributed by atoms with Crippen LogP contribution in [0, 0.1) is 0 Å². The van der Waals surface area contributed by atoms with Crippen molar-refractivity contribution < 1.29 is 5.11 Å². The summed E-state index contributed by atoms with van der Waals surface area (Å²) in [4.78, 5) is 0. The van der Waals surface area contributed by atoms with E-state index >= 15 is 0 Å². The molecule has 2 aromatic carbocycles. The number of aliphatic hydroxyl groups excluding tert-OH is 1. The maximum absolute atomic E-state index is 9.13. The smallest absolute Gasteiger partial charge is 0.0681 e. The fourth-order valence-corrected chi connectivity index (χ4v) is 2.06. The van der Waals surface area contributed by atoms with Gasteiger partial charge in [0.05, 0.1) is 6.61 Å². The first-order valence-corrected chi connectivity index (χ1v) is 6.28. The molecule has 2 aromatic rings. The molecule has 0 aromatic heterocycles. The first kappa shape index (κ1) is 12.9. The van der Waals surface area contributed by atoms with E-state index in [2.05, 4.69) is 12.2 Å². The Morgan fingerprint density at radius 1 is 1.17 bits per heavy atom. The van der Waals surface area contributed by atoms with Crippen molar-refractivity contribution in [3.8, 4) is 0 Å². The average Bonchev–Trinajstić information content (AvgIpc) is 2.39. The topological polar surface area (TPSA) is 32.3 Å². The van der Waals surface area contributed by atoms with Crippen LogP contribution < -0.4 is 5.32 Å². The number of aliphatic hydroxyl groups is 1. The molecule has 0 aliphatic heterocycles. The van der Waals surface area contributed by atoms with Gasteiger partial charge in [0.2, 0.25) is 0 Å². The van der Waals surface area contributed by atoms with Gasteiger partial charge in [0.1, 0.15) is 0 Å². The molecule has 0 radical (unpaired) electrons. The van der Waals surface area contributed by atoms with E-state index in [1.165, 1.54) is 0 Å². The minimum absolute atomic E-state index is 0.0672. The number of rotatable bonds is 4. The summed E-state index contributed by atoms with van der Waals surface area (Å²) in [6.45, 7) is 2.15. The fraction of sp³-hybridized carbons (Fsp3) is 0.200. The molecule has 3 heteroatoms. The lowest BCUT2D eigenvalue weighted by Gasteiger charge is -2.16. The number of hydrogen-bond acceptors (Lipinski definition) is 2. The lowest BCUT2D eigenvalue weighted by atomic mass is 10.1. The normalized spacial score (nSPS) is 12.2. The van der Waals surface area contributed by atoms with Gasteiger partial charge in [-0.25, -0.2) is 0 Å². The van der Waals surface area contributed by atoms with Crippen LogP contribution in [-0.4, -0.2) is 5.11 Å². The van der Waals surface area contributed by atoms with Crippen LogP contribution in [0.2, 0.25) is 5.02 Å². The maximum Gasteiger partial charge on any atom is 0.0681 e. The molecule has 0 aliphatic carbocycles. The van der Waals surface area contributed by atoms with Gasteiger partial charge in [-0.1, -0.05) is 41.9 Å². The molecule has 0 bridgehead atoms. The van der Waals surface area contributed by atoms with Crippen molar-refractivity contribution in [1.29, 1.82) is 0 Å². The van der Waals surface area contributed by atoms with Crippen molar-refractivity contribution in [2.24, 2.45) is 0 Å². The van der Waals surface area contributed by atoms with Gasteiger partial charge in [-0.3, -0.25) is 0 Å². The maximum atomic E-state index is 9.13. The van der Waals surface area contributed by atoms with Crippen molar-refractivity contribution in [3.63, 3.8) is 0 Å². The Balaban J connectivity index is 2.13. The number of hydrogen-bond donors (Lipinski definition) is 2. The molecule has 0 amide bonds. The van der Waals surface area contributed by atoms with Gasteiger partial charge in [0.15, 0.2) is 0 Å². The van der Waals surface area contributed by atoms with E-state index in [0.29, 0.717) is 0 Å². The zero-order chi connectivity index (χ0) is 13.0. The summed E-state index contributed by atoms with van der Waals surface area (Å²) < 4.78 is 0. The second-order valence-electron chi connectivity index (χ2n) is 4.28. The SMILES string of the molecule is CC(Nc1cccc(Cl)c1)c1cccc(CO)c1. The van der Waals surface area contributed by atoms with Gasteiger partial charge < -0.3 is 10.4 Å². The van der Waals surface area contributed by atoms with E-state index in [-0.39, 0.29) is 12.6 Å². The van der Waals surface area contributed by atoms with Crippen LogP contribution in [-0.2, 0) is 6.61 Å². The molecule has 0 heterocycles. The Kier molecular flexibility index (Phi) is 4.24. The minimum Gasteiger partial charge on any atom is -0.392 e. The van der Waals surface area contributed by atoms with Gasteiger partial charge in [-0.15, -0.1) is 0 Å². The van der Waals surface area contributed by atoms with Crippen LogP contribution in [0.5, 0.6) is 0 Å². The van der Waals surface area contributed by atoms with Gasteiger partial charge in [0.25, 0.3) is 0 Å². The van der Waals surface area contributed by atoms with Crippen LogP contribution in [0.3, 0.4) is 0 Å². The van der Waals surface area contributed by atoms with E-state index in [9.17, 15) is 0 Å². The van der Waals surface area contributed by atoms with Gasteiger partial charge in [0, 0.05) is 16.8 Å². The number of benzene rings is 2. The highest BCUT2D eigenvalue weighted by Crippen LogP contribution is 2.22. The Morgan fingerprint density at radius 3 is 2.67 bits per heavy atom. The molecule has 94 valence electrons. The quantitative estimate of drug-likeness (QED) is 0.872. The van der Waals surface area contributed by atoms with Crippen LogP contribution >= 0.6 is 11.6 Å². The molecule has 2 N–H and O–H groups in total. The van der Waals surface area contributed by atoms with Crippen LogP contribution in [0.25, 0.3) is 0 Å². The molecule has 0 spiro atoms. The molecule has 0 fully saturated rings. The van der Waals surface area contributed by atoms with Gasteiger partial charge in [-0.05, 0) is 36.2 Å². The Bertz CT molecular complexity index is 527. The monoisotopic (exact) mass is 261 g/mol. The second-order valence-corrected chi connectivity index (χ2v) is 4.72. The molecule has 2 rings (SSSR count). The molecule has 0 saturated heterocycles. The number of anilines is 1. The van der Waals surface area contributed by atoms with E-state index < -0.39 is 0 Å². The summed E-state index contributed by atoms with van der Waals surface area (Å²) in [7, 11) is 0. The molecule has 0 aliphatic rings. The van der Waals surface area contributed by atoms with Crippen molar-refractivity contribution in [3.05, 3.63) is 64.7 Å². The van der Waals surface area contributed by atoms with Gasteiger partial charge >= 0.3 is 0 Å². The predicted molar refractivity (Wildman–Crippen MR) is 75.9 cm³/mol. The van der Waals surface area contributed by atoms with Crippen molar-refractivity contribution >= 4 is 17.3 Å². The summed E-state index contributed by atoms with van der Waals surface area (Å²) in [6.07, 6.45) is 0. The number of halogens is 1. The summed E-state index contributed by atoms with van der Waals surface area (Å²) in [5.74, 6) is 0. The summed E-state index contributed by atoms with van der Waals surface area (Å²) in [5.41, 5.74) is 3.05. The highest BCUT2D eigenvalue weighted by atomic mass is 35.5. The molecule has 18 heavy (non-hydrogen) atoms. The Labute approximate surface area is 112 Å². The van der Waals surface area contributed by atoms with Crippen LogP contribution in [0.1, 0.15) is 24.1 Å². The second kappa shape index (κ2) is 5.89. The zero-order valence-corrected chi connectivity index (χ0v) is 11.0. The largest absolute Gasteiger partial charge is 0.392 e. The zero-order valence-electron chi connectivity index (χ0n) is 10.2. The van der Waals surface area contributed by atoms with Crippen LogP contribution in [0.4, 0.5) is 5.69 Å². The Hall–Kier alpha value is -1.51. The minimum atomic E-state index is 0.0672. The van der Waals surface area contributed by atoms with E-state index in [4.69, 9.17) is 16.7 Å². The summed E-state index contributed by atoms with van der Waals surface area (Å²) >= 11 is 5.95. The third kappa shape index (κ3) is 3.25. The van der Waals surface area contributed by atoms with E-state index in [1.807, 2.05) is 48.5 Å². The third-order valence-electron chi connectivity index (χ3n) is 2.84. The lowest BCUT2D eigenvalue weighted by Crippen LogP contribution is -2.06. The van der Waals surface area contributed by atoms with Gasteiger partial charge in [-0.2, -0.15) is 0 Å². The molecule has 2 nitrogen and oxygen atoms in total. The summed E-state index contributed by atoms with van der Waals surface area (Å²) in [5, 5.41) is 13.2. The Morgan fingerprint density at radius 2 is 1.94 bits per heavy atom. The van der Waals surface area contributed by atoms with Crippen molar-refractivity contribution in [2.45, 2.75) is 19.6 Å². The fourth-order valence-electron chi connectivity index (χ4n) is 1.87. The molecular weight excluding hydrogens is 246 g/mol. The lowest BCUT2D eigenvalue weighted by molar-refractivity contribution is 0.281. The highest BCUT2D eigenvalue weighted by Gasteiger charge is 2.06. The standard InChI is InChI=1S/C15H16ClNO/c1-11(13-5-2-4-12(8-13)10-18)17-15-7-3-6-14(16)9-15/h2-9,11,17-18H,10H2,1H3. The first-order chi connectivity index (χ1) is 8.69. The third-order valence-corrected chi connectivity index (χ3v) is 3.08. The van der Waals surface area contributed by atoms with E-state index in [0.717, 1.165) is 21.8 Å². The summed E-state index contributed by atoms with van der Waals surface area (Å²) in [6, 6.07) is 15.7. The van der Waals surface area contributed by atoms with Crippen LogP contribution in [0.15, 0.2) is 48.5 Å². The van der Waals surface area contributed by atoms with Crippen molar-refractivity contribution in [1.82, 2.24) is 0 Å². The molecule has 0 saturated carbocycles. The highest BCUT2D eigenvalue weighted by molar-refractivity contribution is 6.30. The molecule has 1 atom stereocenters. The molecule has 1 unspecified atom stereocenters. The number of nitrogens with one attached hydrogen (secondary N) is 1. The predicted octanol–water partition coefficient (Wildman–Crippen LogP) is 4.01. The van der Waals surface area contributed by atoms with E-state index in [1.54, 1.807) is 0 Å².